The van der Waals surface area contributed by atoms with Crippen LogP contribution in [0.5, 0.6) is 5.75 Å². The summed E-state index contributed by atoms with van der Waals surface area (Å²) in [5.41, 5.74) is 5.22. The van der Waals surface area contributed by atoms with Gasteiger partial charge in [-0.05, 0) is 54.7 Å². The van der Waals surface area contributed by atoms with Gasteiger partial charge in [0, 0.05) is 12.7 Å². The Labute approximate surface area is 114 Å². The Morgan fingerprint density at radius 2 is 1.95 bits per heavy atom. The Balaban J connectivity index is 1.96. The minimum Gasteiger partial charge on any atom is -0.508 e. The Hall–Kier alpha value is -1.96. The molecule has 0 saturated carbocycles. The van der Waals surface area contributed by atoms with Gasteiger partial charge in [-0.3, -0.25) is 0 Å². The molecule has 2 aromatic carbocycles. The Kier molecular flexibility index (Phi) is 2.94. The average Bonchev–Trinajstić information content (AvgIpc) is 2.81. The van der Waals surface area contributed by atoms with Crippen LogP contribution in [0.3, 0.4) is 0 Å². The summed E-state index contributed by atoms with van der Waals surface area (Å²) in [5.74, 6) is 0.373. The number of aromatic hydroxyl groups is 1. The quantitative estimate of drug-likeness (QED) is 0.879. The highest BCUT2D eigenvalue weighted by Crippen LogP contribution is 2.39. The van der Waals surface area contributed by atoms with Crippen LogP contribution in [0.4, 0.5) is 5.69 Å². The number of phenols is 1. The number of para-hydroxylation sites is 1. The average molecular weight is 253 g/mol. The lowest BCUT2D eigenvalue weighted by atomic mass is 10.1. The number of benzene rings is 2. The van der Waals surface area contributed by atoms with E-state index in [9.17, 15) is 5.11 Å². The monoisotopic (exact) mass is 253 g/mol. The number of fused-ring (bicyclic) bond motifs is 1. The third-order valence-corrected chi connectivity index (χ3v) is 4.14. The molecule has 0 saturated heterocycles. The van der Waals surface area contributed by atoms with Crippen LogP contribution in [0.2, 0.25) is 0 Å². The molecule has 0 radical (unpaired) electrons. The maximum atomic E-state index is 9.57. The first-order valence-corrected chi connectivity index (χ1v) is 6.77. The zero-order valence-corrected chi connectivity index (χ0v) is 11.4. The van der Waals surface area contributed by atoms with Crippen molar-refractivity contribution in [2.45, 2.75) is 25.8 Å². The van der Waals surface area contributed by atoms with Gasteiger partial charge in [-0.15, -0.1) is 0 Å². The van der Waals surface area contributed by atoms with Gasteiger partial charge < -0.3 is 10.0 Å². The van der Waals surface area contributed by atoms with E-state index >= 15 is 0 Å². The van der Waals surface area contributed by atoms with Gasteiger partial charge in [0.25, 0.3) is 0 Å². The van der Waals surface area contributed by atoms with E-state index in [-0.39, 0.29) is 0 Å². The van der Waals surface area contributed by atoms with Crippen molar-refractivity contribution in [2.24, 2.45) is 0 Å². The SMILES string of the molecule is Cc1ccccc1N(C)C1CCc2cc(O)ccc21. The zero-order valence-electron chi connectivity index (χ0n) is 11.4. The summed E-state index contributed by atoms with van der Waals surface area (Å²) in [6.07, 6.45) is 2.16. The molecular formula is C17H19NO. The van der Waals surface area contributed by atoms with Gasteiger partial charge >= 0.3 is 0 Å². The Bertz CT molecular complexity index is 606. The van der Waals surface area contributed by atoms with Crippen molar-refractivity contribution < 1.29 is 5.11 Å². The fourth-order valence-corrected chi connectivity index (χ4v) is 3.11. The van der Waals surface area contributed by atoms with Gasteiger partial charge in [0.1, 0.15) is 5.75 Å². The van der Waals surface area contributed by atoms with Crippen molar-refractivity contribution in [2.75, 3.05) is 11.9 Å². The number of phenolic OH excluding ortho intramolecular Hbond substituents is 1. The number of nitrogens with zero attached hydrogens (tertiary/aromatic N) is 1. The molecule has 3 rings (SSSR count). The normalized spacial score (nSPS) is 17.3. The van der Waals surface area contributed by atoms with Crippen LogP contribution in [0, 0.1) is 6.92 Å². The molecule has 1 aliphatic rings. The van der Waals surface area contributed by atoms with Crippen LogP contribution in [0.1, 0.15) is 29.2 Å². The molecule has 2 heteroatoms. The van der Waals surface area contributed by atoms with Crippen LogP contribution in [-0.2, 0) is 6.42 Å². The van der Waals surface area contributed by atoms with Crippen molar-refractivity contribution in [3.8, 4) is 5.75 Å². The van der Waals surface area contributed by atoms with Gasteiger partial charge in [-0.1, -0.05) is 24.3 Å². The lowest BCUT2D eigenvalue weighted by Gasteiger charge is -2.29. The number of hydrogen-bond donors (Lipinski definition) is 1. The van der Waals surface area contributed by atoms with Crippen molar-refractivity contribution >= 4 is 5.69 Å². The van der Waals surface area contributed by atoms with E-state index in [4.69, 9.17) is 0 Å². The summed E-state index contributed by atoms with van der Waals surface area (Å²) >= 11 is 0. The Morgan fingerprint density at radius 1 is 1.16 bits per heavy atom. The van der Waals surface area contributed by atoms with Gasteiger partial charge in [0.2, 0.25) is 0 Å². The second kappa shape index (κ2) is 4.61. The topological polar surface area (TPSA) is 23.5 Å². The molecule has 0 amide bonds. The molecule has 1 unspecified atom stereocenters. The highest BCUT2D eigenvalue weighted by Gasteiger charge is 2.26. The summed E-state index contributed by atoms with van der Waals surface area (Å²) in [6, 6.07) is 14.7. The van der Waals surface area contributed by atoms with Gasteiger partial charge in [-0.25, -0.2) is 0 Å². The lowest BCUT2D eigenvalue weighted by Crippen LogP contribution is -2.22. The van der Waals surface area contributed by atoms with Crippen LogP contribution in [0.15, 0.2) is 42.5 Å². The van der Waals surface area contributed by atoms with E-state index in [1.54, 1.807) is 6.07 Å². The zero-order chi connectivity index (χ0) is 13.4. The standard InChI is InChI=1S/C17H19NO/c1-12-5-3-4-6-16(12)18(2)17-10-7-13-11-14(19)8-9-15(13)17/h3-6,8-9,11,17,19H,7,10H2,1-2H3. The number of anilines is 1. The van der Waals surface area contributed by atoms with E-state index in [2.05, 4.69) is 49.2 Å². The number of aryl methyl sites for hydroxylation is 2. The van der Waals surface area contributed by atoms with E-state index in [1.165, 1.54) is 22.4 Å². The van der Waals surface area contributed by atoms with E-state index in [1.807, 2.05) is 6.07 Å². The maximum Gasteiger partial charge on any atom is 0.115 e. The second-order valence-corrected chi connectivity index (χ2v) is 5.33. The molecule has 0 bridgehead atoms. The van der Waals surface area contributed by atoms with Crippen LogP contribution in [0.25, 0.3) is 0 Å². The predicted molar refractivity (Wildman–Crippen MR) is 78.8 cm³/mol. The molecule has 19 heavy (non-hydrogen) atoms. The molecule has 98 valence electrons. The molecule has 1 N–H and O–H groups in total. The minimum absolute atomic E-state index is 0.373. The lowest BCUT2D eigenvalue weighted by molar-refractivity contribution is 0.474. The van der Waals surface area contributed by atoms with Gasteiger partial charge in [-0.2, -0.15) is 0 Å². The van der Waals surface area contributed by atoms with E-state index < -0.39 is 0 Å². The summed E-state index contributed by atoms with van der Waals surface area (Å²) in [4.78, 5) is 2.36. The van der Waals surface area contributed by atoms with Crippen LogP contribution >= 0.6 is 0 Å². The third-order valence-electron chi connectivity index (χ3n) is 4.14. The van der Waals surface area contributed by atoms with E-state index in [0.29, 0.717) is 11.8 Å². The molecule has 0 heterocycles. The molecule has 1 atom stereocenters. The largest absolute Gasteiger partial charge is 0.508 e. The minimum atomic E-state index is 0.373. The van der Waals surface area contributed by atoms with E-state index in [0.717, 1.165) is 12.8 Å². The van der Waals surface area contributed by atoms with Crippen LogP contribution < -0.4 is 4.90 Å². The van der Waals surface area contributed by atoms with Crippen molar-refractivity contribution in [1.29, 1.82) is 0 Å². The Morgan fingerprint density at radius 3 is 2.74 bits per heavy atom. The maximum absolute atomic E-state index is 9.57. The second-order valence-electron chi connectivity index (χ2n) is 5.33. The molecule has 2 aromatic rings. The third kappa shape index (κ3) is 2.07. The van der Waals surface area contributed by atoms with Crippen LogP contribution in [-0.4, -0.2) is 12.2 Å². The highest BCUT2D eigenvalue weighted by atomic mass is 16.3. The summed E-state index contributed by atoms with van der Waals surface area (Å²) < 4.78 is 0. The molecule has 2 nitrogen and oxygen atoms in total. The molecule has 0 spiro atoms. The smallest absolute Gasteiger partial charge is 0.115 e. The fraction of sp³-hybridized carbons (Fsp3) is 0.294. The first-order chi connectivity index (χ1) is 9.16. The van der Waals surface area contributed by atoms with Gasteiger partial charge in [0.05, 0.1) is 6.04 Å². The predicted octanol–water partition coefficient (Wildman–Crippen LogP) is 3.82. The fourth-order valence-electron chi connectivity index (χ4n) is 3.11. The first-order valence-electron chi connectivity index (χ1n) is 6.77. The highest BCUT2D eigenvalue weighted by molar-refractivity contribution is 5.56. The molecule has 0 aromatic heterocycles. The molecular weight excluding hydrogens is 234 g/mol. The van der Waals surface area contributed by atoms with Crippen molar-refractivity contribution in [3.05, 3.63) is 59.2 Å². The number of rotatable bonds is 2. The van der Waals surface area contributed by atoms with Crippen molar-refractivity contribution in [3.63, 3.8) is 0 Å². The molecule has 0 aliphatic heterocycles. The molecule has 0 fully saturated rings. The number of hydrogen-bond acceptors (Lipinski definition) is 2. The van der Waals surface area contributed by atoms with Crippen molar-refractivity contribution in [1.82, 2.24) is 0 Å². The summed E-state index contributed by atoms with van der Waals surface area (Å²) in [5, 5.41) is 9.57. The summed E-state index contributed by atoms with van der Waals surface area (Å²) in [6.45, 7) is 2.15. The molecule has 1 aliphatic carbocycles. The first kappa shape index (κ1) is 12.1. The summed E-state index contributed by atoms with van der Waals surface area (Å²) in [7, 11) is 2.16. The van der Waals surface area contributed by atoms with Gasteiger partial charge in [0.15, 0.2) is 0 Å².